The van der Waals surface area contributed by atoms with Crippen LogP contribution in [0.25, 0.3) is 0 Å². The summed E-state index contributed by atoms with van der Waals surface area (Å²) in [5.41, 5.74) is 5.21. The van der Waals surface area contributed by atoms with E-state index in [1.807, 2.05) is 0 Å². The number of non-ortho nitro benzene ring substituents is 1. The molecule has 12 nitrogen and oxygen atoms in total. The summed E-state index contributed by atoms with van der Waals surface area (Å²) in [5, 5.41) is 44.8. The zero-order valence-electron chi connectivity index (χ0n) is 17.1. The van der Waals surface area contributed by atoms with Gasteiger partial charge < -0.3 is 35.8 Å². The zero-order valence-corrected chi connectivity index (χ0v) is 17.1. The number of primary amides is 1. The van der Waals surface area contributed by atoms with Gasteiger partial charge in [0, 0.05) is 29.7 Å². The molecule has 1 saturated carbocycles. The summed E-state index contributed by atoms with van der Waals surface area (Å²) in [5.74, 6) is -2.75. The maximum absolute atomic E-state index is 12.9. The molecule has 4 rings (SSSR count). The molecule has 1 fully saturated rings. The van der Waals surface area contributed by atoms with Gasteiger partial charge in [0.1, 0.15) is 0 Å². The largest absolute Gasteiger partial charge is 0.504 e. The number of carbonyl (C=O) groups excluding carboxylic acids is 2. The van der Waals surface area contributed by atoms with Crippen molar-refractivity contribution in [2.45, 2.75) is 37.0 Å². The van der Waals surface area contributed by atoms with Crippen molar-refractivity contribution in [2.75, 3.05) is 6.79 Å². The number of aliphatic hydroxyl groups is 2. The van der Waals surface area contributed by atoms with Gasteiger partial charge in [0.05, 0.1) is 22.7 Å². The Morgan fingerprint density at radius 3 is 2.58 bits per heavy atom. The maximum atomic E-state index is 12.9. The van der Waals surface area contributed by atoms with Crippen LogP contribution in [0.3, 0.4) is 0 Å². The van der Waals surface area contributed by atoms with E-state index in [4.69, 9.17) is 15.2 Å². The molecule has 0 saturated heterocycles. The Bertz CT molecular complexity index is 1140. The van der Waals surface area contributed by atoms with Gasteiger partial charge in [-0.1, -0.05) is 6.07 Å². The molecule has 0 radical (unpaired) electrons. The highest BCUT2D eigenvalue weighted by Crippen LogP contribution is 2.48. The Morgan fingerprint density at radius 1 is 1.15 bits per heavy atom. The smallest absolute Gasteiger partial charge is 0.270 e. The molecule has 0 bridgehead atoms. The second-order valence-electron chi connectivity index (χ2n) is 7.89. The Kier molecular flexibility index (Phi) is 5.78. The highest BCUT2D eigenvalue weighted by atomic mass is 16.7. The van der Waals surface area contributed by atoms with Crippen LogP contribution < -0.4 is 20.5 Å². The summed E-state index contributed by atoms with van der Waals surface area (Å²) in [4.78, 5) is 35.4. The number of nitro groups is 1. The molecular weight excluding hydrogens is 438 g/mol. The third-order valence-electron chi connectivity index (χ3n) is 5.87. The number of aliphatic hydroxyl groups excluding tert-OH is 2. The number of nitrogens with one attached hydrogen (secondary N) is 1. The van der Waals surface area contributed by atoms with Crippen LogP contribution in [0.15, 0.2) is 30.3 Å². The van der Waals surface area contributed by atoms with Gasteiger partial charge in [-0.05, 0) is 30.5 Å². The van der Waals surface area contributed by atoms with Gasteiger partial charge in [-0.3, -0.25) is 19.7 Å². The number of nitro benzene ring substituents is 1. The van der Waals surface area contributed by atoms with Crippen molar-refractivity contribution < 1.29 is 39.3 Å². The van der Waals surface area contributed by atoms with Crippen LogP contribution in [0.5, 0.6) is 17.2 Å². The lowest BCUT2D eigenvalue weighted by Crippen LogP contribution is -2.49. The lowest BCUT2D eigenvalue weighted by atomic mass is 9.75. The van der Waals surface area contributed by atoms with E-state index in [9.17, 15) is 35.0 Å². The molecule has 174 valence electrons. The summed E-state index contributed by atoms with van der Waals surface area (Å²) in [7, 11) is 0. The molecule has 4 unspecified atom stereocenters. The second-order valence-corrected chi connectivity index (χ2v) is 7.89. The van der Waals surface area contributed by atoms with Gasteiger partial charge >= 0.3 is 0 Å². The van der Waals surface area contributed by atoms with E-state index >= 15 is 0 Å². The molecule has 1 heterocycles. The molecule has 2 aromatic carbocycles. The average molecular weight is 459 g/mol. The minimum Gasteiger partial charge on any atom is -0.504 e. The Labute approximate surface area is 186 Å². The van der Waals surface area contributed by atoms with Gasteiger partial charge in [-0.2, -0.15) is 0 Å². The molecule has 2 aromatic rings. The highest BCUT2D eigenvalue weighted by Gasteiger charge is 2.40. The van der Waals surface area contributed by atoms with E-state index in [-0.39, 0.29) is 53.5 Å². The summed E-state index contributed by atoms with van der Waals surface area (Å²) < 4.78 is 10.5. The molecule has 2 amide bonds. The van der Waals surface area contributed by atoms with Crippen LogP contribution in [0.4, 0.5) is 5.69 Å². The molecule has 1 aliphatic carbocycles. The SMILES string of the molecule is NC(=O)c1c(C2CC(O)C(O)CC2NC(=O)c2cccc([N+](=O)[O-])c2)cc2c(c1O)OCO2. The zero-order chi connectivity index (χ0) is 23.9. The molecule has 1 aliphatic heterocycles. The number of nitrogens with two attached hydrogens (primary N) is 1. The van der Waals surface area contributed by atoms with Gasteiger partial charge in [-0.25, -0.2) is 0 Å². The fraction of sp³-hybridized carbons (Fsp3) is 0.333. The molecule has 4 atom stereocenters. The first-order chi connectivity index (χ1) is 15.7. The standard InChI is InChI=1S/C21H21N3O9/c22-20(28)17-12(6-16-19(18(17)27)33-8-32-16)11-5-14(25)15(26)7-13(11)23-21(29)9-2-1-3-10(4-9)24(30)31/h1-4,6,11,13-15,25-27H,5,7-8H2,(H2,22,28)(H,23,29). The van der Waals surface area contributed by atoms with E-state index in [1.165, 1.54) is 24.3 Å². The van der Waals surface area contributed by atoms with Crippen molar-refractivity contribution in [1.29, 1.82) is 0 Å². The maximum Gasteiger partial charge on any atom is 0.270 e. The van der Waals surface area contributed by atoms with Crippen LogP contribution in [0.2, 0.25) is 0 Å². The first kappa shape index (κ1) is 22.3. The molecule has 6 N–H and O–H groups in total. The van der Waals surface area contributed by atoms with Crippen LogP contribution in [0, 0.1) is 10.1 Å². The third-order valence-corrected chi connectivity index (χ3v) is 5.87. The van der Waals surface area contributed by atoms with E-state index in [0.29, 0.717) is 0 Å². The number of fused-ring (bicyclic) bond motifs is 1. The van der Waals surface area contributed by atoms with Crippen LogP contribution in [-0.4, -0.2) is 57.1 Å². The Hall–Kier alpha value is -3.90. The van der Waals surface area contributed by atoms with Gasteiger partial charge in [0.25, 0.3) is 17.5 Å². The van der Waals surface area contributed by atoms with Crippen LogP contribution >= 0.6 is 0 Å². The molecule has 33 heavy (non-hydrogen) atoms. The fourth-order valence-corrected chi connectivity index (χ4v) is 4.27. The molecule has 2 aliphatic rings. The van der Waals surface area contributed by atoms with E-state index in [0.717, 1.165) is 6.07 Å². The Morgan fingerprint density at radius 2 is 1.88 bits per heavy atom. The first-order valence-corrected chi connectivity index (χ1v) is 10.0. The summed E-state index contributed by atoms with van der Waals surface area (Å²) in [6.45, 7) is -0.177. The number of hydrogen-bond acceptors (Lipinski definition) is 9. The summed E-state index contributed by atoms with van der Waals surface area (Å²) >= 11 is 0. The predicted molar refractivity (Wildman–Crippen MR) is 111 cm³/mol. The number of phenols is 1. The molecular formula is C21H21N3O9. The third kappa shape index (κ3) is 4.13. The van der Waals surface area contributed by atoms with Gasteiger partial charge in [-0.15, -0.1) is 0 Å². The molecule has 0 aromatic heterocycles. The van der Waals surface area contributed by atoms with Crippen molar-refractivity contribution in [1.82, 2.24) is 5.32 Å². The monoisotopic (exact) mass is 459 g/mol. The van der Waals surface area contributed by atoms with Gasteiger partial charge in [0.15, 0.2) is 11.5 Å². The number of ether oxygens (including phenoxy) is 2. The number of carbonyl (C=O) groups is 2. The normalized spacial score (nSPS) is 23.7. The summed E-state index contributed by atoms with van der Waals surface area (Å²) in [6.07, 6.45) is -2.49. The number of aromatic hydroxyl groups is 1. The van der Waals surface area contributed by atoms with E-state index in [1.54, 1.807) is 0 Å². The van der Waals surface area contributed by atoms with E-state index in [2.05, 4.69) is 5.32 Å². The number of benzene rings is 2. The first-order valence-electron chi connectivity index (χ1n) is 10.0. The van der Waals surface area contributed by atoms with Crippen LogP contribution in [0.1, 0.15) is 45.0 Å². The van der Waals surface area contributed by atoms with Crippen molar-refractivity contribution >= 4 is 17.5 Å². The average Bonchev–Trinajstić information content (AvgIpc) is 3.25. The lowest BCUT2D eigenvalue weighted by molar-refractivity contribution is -0.384. The molecule has 0 spiro atoms. The lowest BCUT2D eigenvalue weighted by Gasteiger charge is -2.38. The van der Waals surface area contributed by atoms with Crippen molar-refractivity contribution in [3.63, 3.8) is 0 Å². The number of amides is 2. The number of nitrogens with zero attached hydrogens (tertiary/aromatic N) is 1. The van der Waals surface area contributed by atoms with Crippen molar-refractivity contribution in [3.05, 3.63) is 57.1 Å². The topological polar surface area (TPSA) is 194 Å². The minimum atomic E-state index is -1.17. The van der Waals surface area contributed by atoms with Crippen LogP contribution in [-0.2, 0) is 0 Å². The predicted octanol–water partition coefficient (Wildman–Crippen LogP) is 0.526. The minimum absolute atomic E-state index is 0.0206. The van der Waals surface area contributed by atoms with Crippen molar-refractivity contribution in [2.24, 2.45) is 5.73 Å². The highest BCUT2D eigenvalue weighted by molar-refractivity contribution is 5.99. The number of hydrogen-bond donors (Lipinski definition) is 5. The fourth-order valence-electron chi connectivity index (χ4n) is 4.27. The quantitative estimate of drug-likeness (QED) is 0.313. The Balaban J connectivity index is 1.72. The van der Waals surface area contributed by atoms with Gasteiger partial charge in [0.2, 0.25) is 12.5 Å². The number of rotatable bonds is 5. The molecule has 12 heteroatoms. The second kappa shape index (κ2) is 8.56. The summed E-state index contributed by atoms with van der Waals surface area (Å²) in [6, 6.07) is 5.75. The van der Waals surface area contributed by atoms with E-state index < -0.39 is 46.7 Å². The van der Waals surface area contributed by atoms with Crippen molar-refractivity contribution in [3.8, 4) is 17.2 Å².